The van der Waals surface area contributed by atoms with Crippen LogP contribution in [-0.4, -0.2) is 55.1 Å². The fourth-order valence-corrected chi connectivity index (χ4v) is 4.21. The van der Waals surface area contributed by atoms with Crippen LogP contribution >= 0.6 is 0 Å². The molecule has 2 N–H and O–H groups in total. The summed E-state index contributed by atoms with van der Waals surface area (Å²) in [5.74, 6) is 0.862. The molecule has 21 heavy (non-hydrogen) atoms. The molecule has 0 amide bonds. The molecule has 3 atom stereocenters. The van der Waals surface area contributed by atoms with Gasteiger partial charge in [-0.2, -0.15) is 0 Å². The van der Waals surface area contributed by atoms with Crippen molar-refractivity contribution in [1.29, 1.82) is 0 Å². The first-order valence-electron chi connectivity index (χ1n) is 8.44. The number of fused-ring (bicyclic) bond motifs is 1. The third-order valence-electron chi connectivity index (χ3n) is 5.26. The molecule has 0 bridgehead atoms. The minimum Gasteiger partial charge on any atom is -0.326 e. The lowest BCUT2D eigenvalue weighted by atomic mass is 9.84. The number of nitrogens with zero attached hydrogens (tertiary/aromatic N) is 2. The van der Waals surface area contributed by atoms with Crippen molar-refractivity contribution in [2.75, 3.05) is 33.2 Å². The average molecular weight is 287 g/mol. The van der Waals surface area contributed by atoms with Gasteiger partial charge in [0, 0.05) is 25.2 Å². The molecule has 3 nitrogen and oxygen atoms in total. The van der Waals surface area contributed by atoms with E-state index in [0.717, 1.165) is 24.9 Å². The molecular weight excluding hydrogens is 258 g/mol. The summed E-state index contributed by atoms with van der Waals surface area (Å²) in [4.78, 5) is 5.18. The zero-order valence-electron chi connectivity index (χ0n) is 13.2. The van der Waals surface area contributed by atoms with E-state index in [2.05, 4.69) is 47.2 Å². The second-order valence-electron chi connectivity index (χ2n) is 6.95. The monoisotopic (exact) mass is 287 g/mol. The molecule has 2 aliphatic heterocycles. The van der Waals surface area contributed by atoms with Crippen LogP contribution in [0.3, 0.4) is 0 Å². The van der Waals surface area contributed by atoms with Crippen molar-refractivity contribution in [3.05, 3.63) is 35.9 Å². The highest BCUT2D eigenvalue weighted by Gasteiger charge is 2.34. The molecule has 2 heterocycles. The molecule has 0 spiro atoms. The fraction of sp³-hybridized carbons (Fsp3) is 0.667. The van der Waals surface area contributed by atoms with Crippen molar-refractivity contribution in [3.8, 4) is 0 Å². The van der Waals surface area contributed by atoms with Gasteiger partial charge in [-0.25, -0.2) is 0 Å². The van der Waals surface area contributed by atoms with Crippen LogP contribution in [0.25, 0.3) is 0 Å². The van der Waals surface area contributed by atoms with E-state index >= 15 is 0 Å². The van der Waals surface area contributed by atoms with Gasteiger partial charge in [-0.3, -0.25) is 0 Å². The molecule has 2 fully saturated rings. The second-order valence-corrected chi connectivity index (χ2v) is 6.95. The molecular formula is C18H29N3. The van der Waals surface area contributed by atoms with Crippen LogP contribution < -0.4 is 5.73 Å². The van der Waals surface area contributed by atoms with E-state index in [9.17, 15) is 0 Å². The third kappa shape index (κ3) is 3.85. The zero-order chi connectivity index (χ0) is 14.7. The summed E-state index contributed by atoms with van der Waals surface area (Å²) in [5, 5.41) is 0. The number of likely N-dealkylation sites (tertiary alicyclic amines) is 2. The summed E-state index contributed by atoms with van der Waals surface area (Å²) in [5.41, 5.74) is 7.74. The topological polar surface area (TPSA) is 32.5 Å². The van der Waals surface area contributed by atoms with E-state index in [1.54, 1.807) is 0 Å². The van der Waals surface area contributed by atoms with Gasteiger partial charge < -0.3 is 15.5 Å². The third-order valence-corrected chi connectivity index (χ3v) is 5.26. The maximum absolute atomic E-state index is 6.38. The van der Waals surface area contributed by atoms with Gasteiger partial charge >= 0.3 is 0 Å². The van der Waals surface area contributed by atoms with Gasteiger partial charge in [-0.05, 0) is 57.3 Å². The first-order chi connectivity index (χ1) is 10.2. The first kappa shape index (κ1) is 15.0. The van der Waals surface area contributed by atoms with Crippen molar-refractivity contribution in [2.45, 2.75) is 37.8 Å². The fourth-order valence-electron chi connectivity index (χ4n) is 4.21. The normalized spacial score (nSPS) is 29.0. The molecule has 116 valence electrons. The lowest BCUT2D eigenvalue weighted by Gasteiger charge is -2.46. The Labute approximate surface area is 129 Å². The van der Waals surface area contributed by atoms with Crippen LogP contribution in [0.15, 0.2) is 30.3 Å². The summed E-state index contributed by atoms with van der Waals surface area (Å²) < 4.78 is 0. The highest BCUT2D eigenvalue weighted by Crippen LogP contribution is 2.29. The van der Waals surface area contributed by atoms with Gasteiger partial charge in [-0.1, -0.05) is 30.3 Å². The first-order valence-corrected chi connectivity index (χ1v) is 8.44. The van der Waals surface area contributed by atoms with Gasteiger partial charge in [-0.15, -0.1) is 0 Å². The molecule has 2 aliphatic rings. The largest absolute Gasteiger partial charge is 0.326 e. The predicted molar refractivity (Wildman–Crippen MR) is 88.3 cm³/mol. The van der Waals surface area contributed by atoms with Crippen molar-refractivity contribution in [3.63, 3.8) is 0 Å². The smallest absolute Gasteiger partial charge is 0.0208 e. The van der Waals surface area contributed by atoms with Crippen molar-refractivity contribution in [1.82, 2.24) is 9.80 Å². The Morgan fingerprint density at radius 1 is 1.19 bits per heavy atom. The second kappa shape index (κ2) is 6.91. The van der Waals surface area contributed by atoms with E-state index in [1.807, 2.05) is 0 Å². The Bertz CT molecular complexity index is 433. The standard InChI is InChI=1S/C18H29N3/c1-20-10-5-8-16-13-21(11-9-18(16)20)14-17(19)12-15-6-3-2-4-7-15/h2-4,6-7,16-18H,5,8-14,19H2,1H3. The summed E-state index contributed by atoms with van der Waals surface area (Å²) in [7, 11) is 2.30. The molecule has 3 heteroatoms. The lowest BCUT2D eigenvalue weighted by molar-refractivity contribution is 0.0364. The molecule has 1 aromatic rings. The van der Waals surface area contributed by atoms with Gasteiger partial charge in [0.15, 0.2) is 0 Å². The quantitative estimate of drug-likeness (QED) is 0.919. The van der Waals surface area contributed by atoms with E-state index < -0.39 is 0 Å². The SMILES string of the molecule is CN1CCCC2CN(CC(N)Cc3ccccc3)CCC21. The van der Waals surface area contributed by atoms with Gasteiger partial charge in [0.25, 0.3) is 0 Å². The number of hydrogen-bond donors (Lipinski definition) is 1. The minimum atomic E-state index is 0.255. The minimum absolute atomic E-state index is 0.255. The molecule has 1 aromatic carbocycles. The molecule has 0 radical (unpaired) electrons. The van der Waals surface area contributed by atoms with E-state index in [-0.39, 0.29) is 6.04 Å². The van der Waals surface area contributed by atoms with Gasteiger partial charge in [0.05, 0.1) is 0 Å². The molecule has 0 aromatic heterocycles. The van der Waals surface area contributed by atoms with Crippen molar-refractivity contribution < 1.29 is 0 Å². The van der Waals surface area contributed by atoms with E-state index in [1.165, 1.54) is 44.5 Å². The number of piperidine rings is 2. The summed E-state index contributed by atoms with van der Waals surface area (Å²) in [6.07, 6.45) is 5.07. The van der Waals surface area contributed by atoms with Crippen molar-refractivity contribution in [2.24, 2.45) is 11.7 Å². The molecule has 3 rings (SSSR count). The van der Waals surface area contributed by atoms with Crippen LogP contribution in [0.2, 0.25) is 0 Å². The van der Waals surface area contributed by atoms with Crippen LogP contribution in [-0.2, 0) is 6.42 Å². The predicted octanol–water partition coefficient (Wildman–Crippen LogP) is 1.97. The molecule has 0 saturated carbocycles. The Balaban J connectivity index is 1.49. The Kier molecular flexibility index (Phi) is 4.94. The Hall–Kier alpha value is -0.900. The lowest BCUT2D eigenvalue weighted by Crippen LogP contribution is -2.54. The average Bonchev–Trinajstić information content (AvgIpc) is 2.48. The molecule has 2 saturated heterocycles. The van der Waals surface area contributed by atoms with Gasteiger partial charge in [0.1, 0.15) is 0 Å². The van der Waals surface area contributed by atoms with Crippen LogP contribution in [0.1, 0.15) is 24.8 Å². The summed E-state index contributed by atoms with van der Waals surface area (Å²) in [6, 6.07) is 11.7. The summed E-state index contributed by atoms with van der Waals surface area (Å²) >= 11 is 0. The zero-order valence-corrected chi connectivity index (χ0v) is 13.2. The van der Waals surface area contributed by atoms with E-state index in [0.29, 0.717) is 0 Å². The van der Waals surface area contributed by atoms with E-state index in [4.69, 9.17) is 5.73 Å². The van der Waals surface area contributed by atoms with Gasteiger partial charge in [0.2, 0.25) is 0 Å². The van der Waals surface area contributed by atoms with Crippen LogP contribution in [0.4, 0.5) is 0 Å². The van der Waals surface area contributed by atoms with Crippen LogP contribution in [0, 0.1) is 5.92 Å². The molecule has 3 unspecified atom stereocenters. The van der Waals surface area contributed by atoms with Crippen LogP contribution in [0.5, 0.6) is 0 Å². The highest BCUT2D eigenvalue weighted by atomic mass is 15.2. The number of benzene rings is 1. The number of nitrogens with two attached hydrogens (primary N) is 1. The Morgan fingerprint density at radius 3 is 2.81 bits per heavy atom. The number of rotatable bonds is 4. The van der Waals surface area contributed by atoms with Crippen molar-refractivity contribution >= 4 is 0 Å². The highest BCUT2D eigenvalue weighted by molar-refractivity contribution is 5.15. The number of hydrogen-bond acceptors (Lipinski definition) is 3. The summed E-state index contributed by atoms with van der Waals surface area (Å²) in [6.45, 7) is 4.79. The maximum Gasteiger partial charge on any atom is 0.0208 e. The maximum atomic E-state index is 6.38. The molecule has 0 aliphatic carbocycles. The Morgan fingerprint density at radius 2 is 2.00 bits per heavy atom.